The van der Waals surface area contributed by atoms with Crippen molar-refractivity contribution in [2.75, 3.05) is 26.9 Å². The van der Waals surface area contributed by atoms with Gasteiger partial charge in [0.05, 0.1) is 42.4 Å². The number of rotatable bonds is 10. The maximum absolute atomic E-state index is 14.7. The van der Waals surface area contributed by atoms with Crippen molar-refractivity contribution in [1.82, 2.24) is 5.32 Å². The third-order valence-corrected chi connectivity index (χ3v) is 12.4. The summed E-state index contributed by atoms with van der Waals surface area (Å²) in [5.41, 5.74) is -7.25. The first-order valence-corrected chi connectivity index (χ1v) is 18.2. The number of carbonyl (C=O) groups is 4. The molecule has 3 aliphatic carbocycles. The fraction of sp³-hybridized carbons (Fsp3) is 0.550. The maximum atomic E-state index is 14.7. The second-order valence-corrected chi connectivity index (χ2v) is 15.6. The number of methoxy groups -OCH3 is 1. The summed E-state index contributed by atoms with van der Waals surface area (Å²) >= 11 is 0. The lowest BCUT2D eigenvalue weighted by Gasteiger charge is -2.66. The Hall–Kier alpha value is -4.22. The fourth-order valence-electron chi connectivity index (χ4n) is 9.11. The summed E-state index contributed by atoms with van der Waals surface area (Å²) in [4.78, 5) is 55.2. The summed E-state index contributed by atoms with van der Waals surface area (Å²) in [6.45, 7) is 5.64. The zero-order chi connectivity index (χ0) is 40.1. The summed E-state index contributed by atoms with van der Waals surface area (Å²) in [6, 6.07) is 14.6. The summed E-state index contributed by atoms with van der Waals surface area (Å²) in [7, 11) is 1.42. The van der Waals surface area contributed by atoms with Gasteiger partial charge in [0.1, 0.15) is 36.1 Å². The number of carbonyl (C=O) groups excluding carboxylic acids is 4. The standard InChI is InChI=1S/C40H49NO14/c1-21-24(54-35(47)30(44)28(22-12-8-6-9-13-22)41-36(48)52-17-16-51-5)19-40(50)33(55-34(46)23-14-10-7-11-15-23)31-38(4,25(42)18-26-39(31,49)20-53-26)32(45)29(43)27(21)37(40,2)3/h6-15,24-26,28-31,33,42-44,49-50H,16-20H2,1-5H3,(H,41,48)/t24?,25-,26+,28-,29+,30+,31-,33-,38+,39-,40+/m0/s1. The quantitative estimate of drug-likeness (QED) is 0.0873. The molecule has 2 saturated carbocycles. The summed E-state index contributed by atoms with van der Waals surface area (Å²) in [5.74, 6) is -4.57. The Morgan fingerprint density at radius 1 is 0.964 bits per heavy atom. The first-order valence-electron chi connectivity index (χ1n) is 18.2. The van der Waals surface area contributed by atoms with Crippen LogP contribution >= 0.6 is 0 Å². The van der Waals surface area contributed by atoms with E-state index < -0.39 is 101 Å². The molecule has 15 heteroatoms. The molecular formula is C40H49NO14. The van der Waals surface area contributed by atoms with Gasteiger partial charge >= 0.3 is 18.0 Å². The molecule has 6 N–H and O–H groups in total. The number of Topliss-reactive ketones (excluding diaryl/α,β-unsaturated/α-hetero) is 1. The molecule has 6 rings (SSSR count). The third kappa shape index (κ3) is 6.64. The van der Waals surface area contributed by atoms with Gasteiger partial charge in [0.25, 0.3) is 0 Å². The molecule has 1 amide bonds. The van der Waals surface area contributed by atoms with Crippen molar-refractivity contribution in [1.29, 1.82) is 0 Å². The number of alkyl carbamates (subject to hydrolysis) is 1. The van der Waals surface area contributed by atoms with E-state index in [2.05, 4.69) is 5.32 Å². The minimum atomic E-state index is -2.31. The van der Waals surface area contributed by atoms with Gasteiger partial charge in [-0.2, -0.15) is 0 Å². The second-order valence-electron chi connectivity index (χ2n) is 15.6. The van der Waals surface area contributed by atoms with E-state index in [1.807, 2.05) is 0 Å². The van der Waals surface area contributed by atoms with Gasteiger partial charge in [-0.1, -0.05) is 62.4 Å². The molecule has 1 saturated heterocycles. The molecule has 0 radical (unpaired) electrons. The van der Waals surface area contributed by atoms with Gasteiger partial charge < -0.3 is 54.5 Å². The van der Waals surface area contributed by atoms with Crippen LogP contribution in [0.5, 0.6) is 0 Å². The fourth-order valence-corrected chi connectivity index (χ4v) is 9.11. The number of aliphatic hydroxyl groups excluding tert-OH is 3. The molecule has 298 valence electrons. The highest BCUT2D eigenvalue weighted by molar-refractivity contribution is 5.94. The number of ketones is 1. The molecule has 1 aliphatic heterocycles. The van der Waals surface area contributed by atoms with E-state index in [0.29, 0.717) is 5.56 Å². The van der Waals surface area contributed by atoms with E-state index in [-0.39, 0.29) is 43.0 Å². The van der Waals surface area contributed by atoms with Crippen molar-refractivity contribution in [3.63, 3.8) is 0 Å². The first-order chi connectivity index (χ1) is 25.9. The third-order valence-electron chi connectivity index (χ3n) is 12.4. The van der Waals surface area contributed by atoms with Crippen molar-refractivity contribution in [2.24, 2.45) is 16.7 Å². The smallest absolute Gasteiger partial charge is 0.407 e. The van der Waals surface area contributed by atoms with Crippen LogP contribution in [0.25, 0.3) is 0 Å². The molecule has 15 nitrogen and oxygen atoms in total. The zero-order valence-corrected chi connectivity index (χ0v) is 31.3. The van der Waals surface area contributed by atoms with E-state index in [4.69, 9.17) is 23.7 Å². The van der Waals surface area contributed by atoms with Gasteiger partial charge in [-0.25, -0.2) is 14.4 Å². The Kier molecular flexibility index (Phi) is 11.1. The molecule has 2 aromatic carbocycles. The van der Waals surface area contributed by atoms with Gasteiger partial charge in [0, 0.05) is 31.3 Å². The molecular weight excluding hydrogens is 718 g/mol. The Morgan fingerprint density at radius 2 is 1.60 bits per heavy atom. The number of ether oxygens (including phenoxy) is 5. The Bertz CT molecular complexity index is 1820. The molecule has 1 heterocycles. The molecule has 4 aliphatic rings. The number of aliphatic hydroxyl groups is 5. The monoisotopic (exact) mass is 767 g/mol. The van der Waals surface area contributed by atoms with Gasteiger partial charge in [-0.05, 0) is 42.7 Å². The lowest BCUT2D eigenvalue weighted by molar-refractivity contribution is -0.343. The summed E-state index contributed by atoms with van der Waals surface area (Å²) < 4.78 is 27.8. The minimum Gasteiger partial charge on any atom is -0.456 e. The van der Waals surface area contributed by atoms with Crippen LogP contribution in [0.3, 0.4) is 0 Å². The lowest BCUT2D eigenvalue weighted by Crippen LogP contribution is -2.81. The predicted molar refractivity (Wildman–Crippen MR) is 191 cm³/mol. The van der Waals surface area contributed by atoms with Crippen LogP contribution in [0.15, 0.2) is 71.8 Å². The van der Waals surface area contributed by atoms with Crippen LogP contribution in [0.4, 0.5) is 4.79 Å². The van der Waals surface area contributed by atoms with Gasteiger partial charge in [0.15, 0.2) is 11.9 Å². The van der Waals surface area contributed by atoms with Crippen LogP contribution < -0.4 is 5.32 Å². The number of amides is 1. The van der Waals surface area contributed by atoms with E-state index >= 15 is 0 Å². The number of esters is 2. The average molecular weight is 768 g/mol. The Morgan fingerprint density at radius 3 is 2.20 bits per heavy atom. The Balaban J connectivity index is 1.43. The largest absolute Gasteiger partial charge is 0.456 e. The number of benzene rings is 2. The van der Waals surface area contributed by atoms with Crippen molar-refractivity contribution < 1.29 is 68.4 Å². The van der Waals surface area contributed by atoms with Crippen molar-refractivity contribution in [2.45, 2.75) is 94.4 Å². The molecule has 11 atom stereocenters. The highest BCUT2D eigenvalue weighted by atomic mass is 16.6. The highest BCUT2D eigenvalue weighted by Gasteiger charge is 2.76. The molecule has 1 unspecified atom stereocenters. The minimum absolute atomic E-state index is 0.0513. The predicted octanol–water partition coefficient (Wildman–Crippen LogP) is 1.54. The molecule has 3 fully saturated rings. The van der Waals surface area contributed by atoms with Crippen LogP contribution in [0, 0.1) is 16.7 Å². The van der Waals surface area contributed by atoms with E-state index in [1.165, 1.54) is 33.1 Å². The molecule has 55 heavy (non-hydrogen) atoms. The van der Waals surface area contributed by atoms with Crippen molar-refractivity contribution in [3.05, 3.63) is 82.9 Å². The number of hydrogen-bond donors (Lipinski definition) is 6. The van der Waals surface area contributed by atoms with E-state index in [1.54, 1.807) is 62.4 Å². The Labute approximate surface area is 318 Å². The summed E-state index contributed by atoms with van der Waals surface area (Å²) in [6.07, 6.45) is -11.4. The molecule has 0 spiro atoms. The maximum Gasteiger partial charge on any atom is 0.407 e. The van der Waals surface area contributed by atoms with Gasteiger partial charge in [-0.15, -0.1) is 0 Å². The number of fused-ring (bicyclic) bond motifs is 5. The molecule has 2 bridgehead atoms. The molecule has 2 aromatic rings. The van der Waals surface area contributed by atoms with Gasteiger partial charge in [-0.3, -0.25) is 4.79 Å². The highest BCUT2D eigenvalue weighted by Crippen LogP contribution is 2.63. The van der Waals surface area contributed by atoms with Gasteiger partial charge in [0.2, 0.25) is 0 Å². The second kappa shape index (κ2) is 15.0. The van der Waals surface area contributed by atoms with Crippen LogP contribution in [-0.2, 0) is 33.3 Å². The van der Waals surface area contributed by atoms with E-state index in [0.717, 1.165) is 0 Å². The summed E-state index contributed by atoms with van der Waals surface area (Å²) in [5, 5.41) is 63.0. The number of nitrogens with one attached hydrogen (secondary N) is 1. The topological polar surface area (TPSA) is 228 Å². The number of hydrogen-bond acceptors (Lipinski definition) is 14. The lowest BCUT2D eigenvalue weighted by atomic mass is 9.44. The SMILES string of the molecule is COCCOC(=O)N[C@@H](c1ccccc1)[C@@H](O)C(=O)OC1C[C@@]2(O)[C@@H](OC(=O)c3ccccc3)[C@@H]3[C@]4(O)CO[C@@H]4C[C@H](O)[C@@]3(C)C(=O)[C@H](O)C(=C1C)C2(C)C. The van der Waals surface area contributed by atoms with Crippen LogP contribution in [0.1, 0.15) is 62.5 Å². The zero-order valence-electron chi connectivity index (χ0n) is 31.3. The van der Waals surface area contributed by atoms with Crippen molar-refractivity contribution in [3.8, 4) is 0 Å². The van der Waals surface area contributed by atoms with Crippen molar-refractivity contribution >= 4 is 23.8 Å². The average Bonchev–Trinajstić information content (AvgIpc) is 3.16. The normalized spacial score (nSPS) is 34.7. The van der Waals surface area contributed by atoms with Crippen LogP contribution in [0.2, 0.25) is 0 Å². The van der Waals surface area contributed by atoms with Crippen LogP contribution in [-0.4, -0.2) is 124 Å². The molecule has 0 aromatic heterocycles. The van der Waals surface area contributed by atoms with E-state index in [9.17, 15) is 44.7 Å². The first kappa shape index (κ1) is 40.4.